The maximum Gasteiger partial charge on any atom is 0.252 e. The highest BCUT2D eigenvalue weighted by Crippen LogP contribution is 2.33. The van der Waals surface area contributed by atoms with Gasteiger partial charge in [0.15, 0.2) is 0 Å². The number of likely N-dealkylation sites (tertiary alicyclic amines) is 1. The van der Waals surface area contributed by atoms with Gasteiger partial charge >= 0.3 is 0 Å². The van der Waals surface area contributed by atoms with Crippen LogP contribution in [0.2, 0.25) is 0 Å². The van der Waals surface area contributed by atoms with Gasteiger partial charge in [-0.3, -0.25) is 9.69 Å². The summed E-state index contributed by atoms with van der Waals surface area (Å²) >= 11 is 0. The van der Waals surface area contributed by atoms with Crippen molar-refractivity contribution in [1.29, 1.82) is 0 Å². The average molecular weight is 466 g/mol. The molecule has 0 aliphatic carbocycles. The van der Waals surface area contributed by atoms with Gasteiger partial charge in [0, 0.05) is 36.1 Å². The fourth-order valence-electron chi connectivity index (χ4n) is 5.02. The van der Waals surface area contributed by atoms with Gasteiger partial charge in [-0.25, -0.2) is 4.98 Å². The van der Waals surface area contributed by atoms with Crippen LogP contribution in [0.15, 0.2) is 84.9 Å². The molecular formula is C30H31N3O2. The maximum absolute atomic E-state index is 14.0. The van der Waals surface area contributed by atoms with Crippen LogP contribution in [-0.2, 0) is 6.54 Å². The molecule has 1 unspecified atom stereocenters. The first-order valence-electron chi connectivity index (χ1n) is 12.4. The van der Waals surface area contributed by atoms with Crippen LogP contribution in [-0.4, -0.2) is 40.1 Å². The molecule has 5 heteroatoms. The van der Waals surface area contributed by atoms with Crippen LogP contribution in [0.4, 0.5) is 0 Å². The summed E-state index contributed by atoms with van der Waals surface area (Å²) in [6.07, 6.45) is 1.20. The number of para-hydroxylation sites is 1. The zero-order valence-electron chi connectivity index (χ0n) is 20.0. The summed E-state index contributed by atoms with van der Waals surface area (Å²) in [4.78, 5) is 21.3. The van der Waals surface area contributed by atoms with Gasteiger partial charge in [-0.1, -0.05) is 85.8 Å². The number of hydrogen-bond acceptors (Lipinski definition) is 4. The minimum absolute atomic E-state index is 0.0859. The molecule has 1 fully saturated rings. The van der Waals surface area contributed by atoms with Crippen LogP contribution < -0.4 is 5.32 Å². The fourth-order valence-corrected chi connectivity index (χ4v) is 5.02. The number of nitrogens with one attached hydrogen (secondary N) is 1. The van der Waals surface area contributed by atoms with E-state index < -0.39 is 0 Å². The molecule has 2 N–H and O–H groups in total. The van der Waals surface area contributed by atoms with Gasteiger partial charge in [-0.05, 0) is 24.5 Å². The average Bonchev–Trinajstić information content (AvgIpc) is 3.32. The Hall–Kier alpha value is -3.54. The van der Waals surface area contributed by atoms with Crippen LogP contribution in [0.3, 0.4) is 0 Å². The minimum atomic E-state index is -0.330. The largest absolute Gasteiger partial charge is 0.392 e. The molecule has 4 aromatic rings. The first-order chi connectivity index (χ1) is 17.1. The smallest absolute Gasteiger partial charge is 0.252 e. The molecule has 0 radical (unpaired) electrons. The minimum Gasteiger partial charge on any atom is -0.392 e. The van der Waals surface area contributed by atoms with E-state index in [-0.39, 0.29) is 18.1 Å². The Morgan fingerprint density at radius 1 is 1.03 bits per heavy atom. The van der Waals surface area contributed by atoms with Gasteiger partial charge in [-0.2, -0.15) is 0 Å². The molecule has 1 aliphatic heterocycles. The van der Waals surface area contributed by atoms with Crippen LogP contribution >= 0.6 is 0 Å². The standard InChI is InChI=1S/C30H31N3O2/c1-2-26(21-11-5-3-6-12-21)32-30(35)28-24-15-9-10-16-27(24)31-29(22-13-7-4-8-14-22)25(28)20-33-18-17-23(34)19-33/h3-16,23,26,34H,2,17-20H2,1H3,(H,32,35)/t23-,26?/m0/s1. The molecular weight excluding hydrogens is 434 g/mol. The number of amides is 1. The summed E-state index contributed by atoms with van der Waals surface area (Å²) in [6.45, 7) is 4.04. The van der Waals surface area contributed by atoms with E-state index in [9.17, 15) is 9.90 Å². The third-order valence-corrected chi connectivity index (χ3v) is 6.81. The molecule has 1 saturated heterocycles. The quantitative estimate of drug-likeness (QED) is 0.386. The Morgan fingerprint density at radius 2 is 1.71 bits per heavy atom. The number of aliphatic hydroxyl groups is 1. The molecule has 2 heterocycles. The third kappa shape index (κ3) is 4.97. The molecule has 178 valence electrons. The van der Waals surface area contributed by atoms with Crippen molar-refractivity contribution in [3.05, 3.63) is 102 Å². The first-order valence-corrected chi connectivity index (χ1v) is 12.4. The van der Waals surface area contributed by atoms with Crippen LogP contribution in [0.1, 0.15) is 47.3 Å². The fraction of sp³-hybridized carbons (Fsp3) is 0.267. The molecule has 5 nitrogen and oxygen atoms in total. The molecule has 1 aliphatic rings. The van der Waals surface area contributed by atoms with E-state index >= 15 is 0 Å². The highest BCUT2D eigenvalue weighted by Gasteiger charge is 2.27. The van der Waals surface area contributed by atoms with Gasteiger partial charge in [0.1, 0.15) is 0 Å². The lowest BCUT2D eigenvalue weighted by Crippen LogP contribution is -2.31. The highest BCUT2D eigenvalue weighted by atomic mass is 16.3. The Bertz CT molecular complexity index is 1310. The second kappa shape index (κ2) is 10.4. The number of carbonyl (C=O) groups is 1. The summed E-state index contributed by atoms with van der Waals surface area (Å²) < 4.78 is 0. The number of β-amino-alcohol motifs (C(OH)–C–C–N with tert-alkyl or cyclic N) is 1. The lowest BCUT2D eigenvalue weighted by Gasteiger charge is -2.24. The maximum atomic E-state index is 14.0. The van der Waals surface area contributed by atoms with Crippen molar-refractivity contribution in [2.45, 2.75) is 38.5 Å². The highest BCUT2D eigenvalue weighted by molar-refractivity contribution is 6.09. The van der Waals surface area contributed by atoms with Crippen molar-refractivity contribution in [3.8, 4) is 11.3 Å². The van der Waals surface area contributed by atoms with E-state index in [0.717, 1.165) is 52.7 Å². The Morgan fingerprint density at radius 3 is 2.40 bits per heavy atom. The van der Waals surface area contributed by atoms with Crippen molar-refractivity contribution >= 4 is 16.8 Å². The van der Waals surface area contributed by atoms with Gasteiger partial charge in [0.2, 0.25) is 0 Å². The van der Waals surface area contributed by atoms with Gasteiger partial charge in [-0.15, -0.1) is 0 Å². The molecule has 2 atom stereocenters. The number of carbonyl (C=O) groups excluding carboxylic acids is 1. The second-order valence-corrected chi connectivity index (χ2v) is 9.22. The van der Waals surface area contributed by atoms with Crippen molar-refractivity contribution < 1.29 is 9.90 Å². The van der Waals surface area contributed by atoms with E-state index in [0.29, 0.717) is 18.7 Å². The molecule has 35 heavy (non-hydrogen) atoms. The summed E-state index contributed by atoms with van der Waals surface area (Å²) in [5, 5.41) is 14.3. The summed E-state index contributed by atoms with van der Waals surface area (Å²) in [5.74, 6) is -0.0915. The Kier molecular flexibility index (Phi) is 6.89. The lowest BCUT2D eigenvalue weighted by atomic mass is 9.95. The van der Waals surface area contributed by atoms with E-state index in [2.05, 4.69) is 29.3 Å². The predicted molar refractivity (Wildman–Crippen MR) is 140 cm³/mol. The topological polar surface area (TPSA) is 65.5 Å². The number of aromatic nitrogens is 1. The molecule has 1 aromatic heterocycles. The van der Waals surface area contributed by atoms with E-state index in [1.165, 1.54) is 0 Å². The van der Waals surface area contributed by atoms with E-state index in [1.54, 1.807) is 0 Å². The van der Waals surface area contributed by atoms with Crippen LogP contribution in [0, 0.1) is 0 Å². The van der Waals surface area contributed by atoms with Gasteiger partial charge < -0.3 is 10.4 Å². The number of nitrogens with zero attached hydrogens (tertiary/aromatic N) is 2. The number of pyridine rings is 1. The zero-order valence-corrected chi connectivity index (χ0v) is 20.0. The summed E-state index contributed by atoms with van der Waals surface area (Å²) in [7, 11) is 0. The number of rotatable bonds is 7. The molecule has 0 spiro atoms. The SMILES string of the molecule is CCC(NC(=O)c1c(CN2CC[C@H](O)C2)c(-c2ccccc2)nc2ccccc12)c1ccccc1. The third-order valence-electron chi connectivity index (χ3n) is 6.81. The molecule has 3 aromatic carbocycles. The zero-order chi connectivity index (χ0) is 24.2. The number of fused-ring (bicyclic) bond motifs is 1. The molecule has 1 amide bonds. The monoisotopic (exact) mass is 465 g/mol. The molecule has 5 rings (SSSR count). The van der Waals surface area contributed by atoms with Crippen LogP contribution in [0.5, 0.6) is 0 Å². The summed E-state index contributed by atoms with van der Waals surface area (Å²) in [6, 6.07) is 28.0. The normalized spacial score (nSPS) is 16.9. The number of benzene rings is 3. The Labute approximate surface area is 206 Å². The molecule has 0 bridgehead atoms. The summed E-state index contributed by atoms with van der Waals surface area (Å²) in [5.41, 5.74) is 5.28. The van der Waals surface area contributed by atoms with Crippen molar-refractivity contribution in [1.82, 2.24) is 15.2 Å². The number of hydrogen-bond donors (Lipinski definition) is 2. The van der Waals surface area contributed by atoms with Gasteiger partial charge in [0.05, 0.1) is 28.9 Å². The van der Waals surface area contributed by atoms with Crippen molar-refractivity contribution in [3.63, 3.8) is 0 Å². The Balaban J connectivity index is 1.65. The lowest BCUT2D eigenvalue weighted by molar-refractivity contribution is 0.0935. The van der Waals surface area contributed by atoms with Crippen molar-refractivity contribution in [2.24, 2.45) is 0 Å². The van der Waals surface area contributed by atoms with Crippen molar-refractivity contribution in [2.75, 3.05) is 13.1 Å². The number of aliphatic hydroxyl groups excluding tert-OH is 1. The van der Waals surface area contributed by atoms with Crippen LogP contribution in [0.25, 0.3) is 22.2 Å². The molecule has 0 saturated carbocycles. The van der Waals surface area contributed by atoms with E-state index in [1.807, 2.05) is 72.8 Å². The van der Waals surface area contributed by atoms with Gasteiger partial charge in [0.25, 0.3) is 5.91 Å². The van der Waals surface area contributed by atoms with E-state index in [4.69, 9.17) is 4.98 Å². The second-order valence-electron chi connectivity index (χ2n) is 9.22. The first kappa shape index (κ1) is 23.2. The predicted octanol–water partition coefficient (Wildman–Crippen LogP) is 5.35.